The Bertz CT molecular complexity index is 1320. The number of nitrogens with one attached hydrogen (secondary N) is 3. The molecule has 1 fully saturated rings. The number of aromatic nitrogens is 4. The zero-order chi connectivity index (χ0) is 23.1. The zero-order valence-corrected chi connectivity index (χ0v) is 18.1. The topological polar surface area (TPSA) is 141 Å². The summed E-state index contributed by atoms with van der Waals surface area (Å²) in [5.41, 5.74) is 3.16. The van der Waals surface area contributed by atoms with Crippen LogP contribution in [0.15, 0.2) is 30.5 Å². The first-order valence-electron chi connectivity index (χ1n) is 10.5. The molecule has 1 aliphatic carbocycles. The molecule has 2 aromatic heterocycles. The van der Waals surface area contributed by atoms with Crippen molar-refractivity contribution in [1.29, 1.82) is 5.26 Å². The molecule has 3 aromatic rings. The molecule has 0 spiro atoms. The molecule has 1 saturated carbocycles. The maximum absolute atomic E-state index is 12.5. The average Bonchev–Trinajstić information content (AvgIpc) is 3.59. The van der Waals surface area contributed by atoms with Gasteiger partial charge < -0.3 is 20.9 Å². The van der Waals surface area contributed by atoms with E-state index in [0.29, 0.717) is 29.4 Å². The van der Waals surface area contributed by atoms with Gasteiger partial charge in [0.15, 0.2) is 5.82 Å². The number of carbonyl (C=O) groups is 2. The second-order valence-corrected chi connectivity index (χ2v) is 7.99. The lowest BCUT2D eigenvalue weighted by Crippen LogP contribution is -2.27. The lowest BCUT2D eigenvalue weighted by molar-refractivity contribution is -0.117. The van der Waals surface area contributed by atoms with Gasteiger partial charge in [-0.05, 0) is 25.0 Å². The number of rotatable bonds is 5. The molecule has 0 saturated heterocycles. The number of fused-ring (bicyclic) bond motifs is 3. The normalized spacial score (nSPS) is 14.0. The number of benzene rings is 1. The molecule has 2 aliphatic rings. The summed E-state index contributed by atoms with van der Waals surface area (Å²) in [4.78, 5) is 35.2. The fourth-order valence-corrected chi connectivity index (χ4v) is 3.84. The molecule has 0 unspecified atom stereocenters. The van der Waals surface area contributed by atoms with Gasteiger partial charge >= 0.3 is 0 Å². The second kappa shape index (κ2) is 7.90. The lowest BCUT2D eigenvalue weighted by Gasteiger charge is -2.30. The van der Waals surface area contributed by atoms with E-state index in [4.69, 9.17) is 0 Å². The van der Waals surface area contributed by atoms with Crippen LogP contribution in [0.25, 0.3) is 5.69 Å². The third-order valence-electron chi connectivity index (χ3n) is 5.62. The van der Waals surface area contributed by atoms with Crippen molar-refractivity contribution < 1.29 is 9.59 Å². The predicted molar refractivity (Wildman–Crippen MR) is 120 cm³/mol. The minimum absolute atomic E-state index is 0.0341. The molecule has 0 bridgehead atoms. The number of carbonyl (C=O) groups excluding carboxylic acids is 2. The Morgan fingerprint density at radius 1 is 1.24 bits per heavy atom. The Kier molecular flexibility index (Phi) is 4.90. The molecule has 1 aromatic carbocycles. The van der Waals surface area contributed by atoms with Crippen LogP contribution in [0, 0.1) is 17.2 Å². The molecule has 3 N–H and O–H groups in total. The molecular weight excluding hydrogens is 422 g/mol. The van der Waals surface area contributed by atoms with Gasteiger partial charge in [-0.1, -0.05) is 6.07 Å². The Hall–Kier alpha value is -4.46. The first-order chi connectivity index (χ1) is 16.0. The maximum Gasteiger partial charge on any atom is 0.254 e. The Morgan fingerprint density at radius 3 is 2.79 bits per heavy atom. The van der Waals surface area contributed by atoms with Crippen molar-refractivity contribution in [2.45, 2.75) is 19.4 Å². The van der Waals surface area contributed by atoms with Crippen LogP contribution >= 0.6 is 0 Å². The van der Waals surface area contributed by atoms with Crippen LogP contribution in [-0.2, 0) is 11.3 Å². The number of hydrogen-bond acceptors (Lipinski definition) is 8. The van der Waals surface area contributed by atoms with Gasteiger partial charge in [0.25, 0.3) is 11.7 Å². The second-order valence-electron chi connectivity index (χ2n) is 7.99. The summed E-state index contributed by atoms with van der Waals surface area (Å²) in [6.07, 6.45) is 3.21. The Morgan fingerprint density at radius 2 is 2.06 bits per heavy atom. The van der Waals surface area contributed by atoms with Gasteiger partial charge in [0.1, 0.15) is 11.9 Å². The highest BCUT2D eigenvalue weighted by molar-refractivity contribution is 6.02. The molecule has 166 valence electrons. The minimum atomic E-state index is -0.305. The van der Waals surface area contributed by atoms with Crippen LogP contribution in [0.3, 0.4) is 0 Å². The van der Waals surface area contributed by atoms with E-state index in [1.54, 1.807) is 17.8 Å². The van der Waals surface area contributed by atoms with Crippen molar-refractivity contribution in [3.63, 3.8) is 0 Å². The smallest absolute Gasteiger partial charge is 0.254 e. The van der Waals surface area contributed by atoms with Crippen LogP contribution in [0.4, 0.5) is 22.9 Å². The number of hydrogen-bond donors (Lipinski definition) is 3. The zero-order valence-electron chi connectivity index (χ0n) is 18.1. The summed E-state index contributed by atoms with van der Waals surface area (Å²) in [6.45, 7) is 0.460. The Labute approximate surface area is 189 Å². The summed E-state index contributed by atoms with van der Waals surface area (Å²) in [7, 11) is 3.47. The van der Waals surface area contributed by atoms with E-state index in [9.17, 15) is 14.9 Å². The van der Waals surface area contributed by atoms with Crippen molar-refractivity contribution in [2.24, 2.45) is 5.92 Å². The van der Waals surface area contributed by atoms with Crippen LogP contribution < -0.4 is 20.9 Å². The van der Waals surface area contributed by atoms with E-state index in [0.717, 1.165) is 29.9 Å². The van der Waals surface area contributed by atoms with Crippen molar-refractivity contribution in [1.82, 2.24) is 25.1 Å². The molecule has 0 atom stereocenters. The highest BCUT2D eigenvalue weighted by atomic mass is 16.2. The summed E-state index contributed by atoms with van der Waals surface area (Å²) < 4.78 is 1.66. The highest BCUT2D eigenvalue weighted by Gasteiger charge is 2.30. The SMILES string of the molecule is CNC(=O)c1cnc(NC(=O)C2CC2)cc1Nc1cccc2c1N(C)Cc1nc(C#N)nn1-2. The van der Waals surface area contributed by atoms with Crippen LogP contribution in [-0.4, -0.2) is 45.7 Å². The van der Waals surface area contributed by atoms with E-state index in [-0.39, 0.29) is 23.6 Å². The van der Waals surface area contributed by atoms with Gasteiger partial charge in [0.05, 0.1) is 34.9 Å². The fraction of sp³-hybridized carbons (Fsp3) is 0.273. The number of para-hydroxylation sites is 1. The third-order valence-corrected chi connectivity index (χ3v) is 5.62. The Balaban J connectivity index is 1.55. The molecule has 2 amide bonds. The van der Waals surface area contributed by atoms with Gasteiger partial charge in [0.2, 0.25) is 5.91 Å². The van der Waals surface area contributed by atoms with E-state index >= 15 is 0 Å². The van der Waals surface area contributed by atoms with E-state index in [1.807, 2.05) is 36.2 Å². The third kappa shape index (κ3) is 3.71. The number of nitriles is 1. The van der Waals surface area contributed by atoms with E-state index in [1.165, 1.54) is 6.20 Å². The molecule has 0 radical (unpaired) electrons. The standard InChI is InChI=1S/C22H21N9O2/c1-24-22(33)13-10-25-17(28-21(32)12-6-7-12)8-15(13)26-14-4-3-5-16-20(14)30(2)11-19-27-18(9-23)29-31(16)19/h3-5,8,10,12H,6-7,11H2,1-2H3,(H,24,33)(H2,25,26,28,32). The number of anilines is 4. The van der Waals surface area contributed by atoms with Crippen molar-refractivity contribution >= 4 is 34.7 Å². The summed E-state index contributed by atoms with van der Waals surface area (Å²) in [5.74, 6) is 0.810. The van der Waals surface area contributed by atoms with Crippen molar-refractivity contribution in [2.75, 3.05) is 29.6 Å². The molecule has 11 heteroatoms. The molecule has 5 rings (SSSR count). The fourth-order valence-electron chi connectivity index (χ4n) is 3.84. The van der Waals surface area contributed by atoms with Crippen molar-refractivity contribution in [3.05, 3.63) is 47.7 Å². The van der Waals surface area contributed by atoms with Gasteiger partial charge in [-0.2, -0.15) is 5.26 Å². The van der Waals surface area contributed by atoms with E-state index < -0.39 is 0 Å². The van der Waals surface area contributed by atoms with Crippen LogP contribution in [0.2, 0.25) is 0 Å². The molecule has 11 nitrogen and oxygen atoms in total. The first-order valence-corrected chi connectivity index (χ1v) is 10.5. The van der Waals surface area contributed by atoms with Gasteiger partial charge in [-0.25, -0.2) is 14.6 Å². The quantitative estimate of drug-likeness (QED) is 0.543. The largest absolute Gasteiger partial charge is 0.364 e. The van der Waals surface area contributed by atoms with Gasteiger partial charge in [-0.3, -0.25) is 9.59 Å². The summed E-state index contributed by atoms with van der Waals surface area (Å²) in [6, 6.07) is 9.27. The molecule has 33 heavy (non-hydrogen) atoms. The number of pyridine rings is 1. The van der Waals surface area contributed by atoms with Gasteiger partial charge in [-0.15, -0.1) is 5.10 Å². The van der Waals surface area contributed by atoms with Crippen LogP contribution in [0.1, 0.15) is 34.8 Å². The minimum Gasteiger partial charge on any atom is -0.364 e. The van der Waals surface area contributed by atoms with Gasteiger partial charge in [0, 0.05) is 32.3 Å². The lowest BCUT2D eigenvalue weighted by atomic mass is 10.1. The highest BCUT2D eigenvalue weighted by Crippen LogP contribution is 2.39. The monoisotopic (exact) mass is 443 g/mol. The first kappa shape index (κ1) is 20.4. The molecule has 1 aliphatic heterocycles. The van der Waals surface area contributed by atoms with E-state index in [2.05, 4.69) is 31.0 Å². The number of nitrogens with zero attached hydrogens (tertiary/aromatic N) is 6. The molecular formula is C22H21N9O2. The average molecular weight is 443 g/mol. The summed E-state index contributed by atoms with van der Waals surface area (Å²) >= 11 is 0. The van der Waals surface area contributed by atoms with Crippen molar-refractivity contribution in [3.8, 4) is 11.8 Å². The predicted octanol–water partition coefficient (Wildman–Crippen LogP) is 1.94. The molecule has 3 heterocycles. The maximum atomic E-state index is 12.5. The van der Waals surface area contributed by atoms with Crippen LogP contribution in [0.5, 0.6) is 0 Å². The number of amides is 2. The summed E-state index contributed by atoms with van der Waals surface area (Å²) in [5, 5.41) is 22.3.